The zero-order chi connectivity index (χ0) is 9.10. The first-order valence-corrected chi connectivity index (χ1v) is 4.81. The summed E-state index contributed by atoms with van der Waals surface area (Å²) in [5.41, 5.74) is 1.49. The lowest BCUT2D eigenvalue weighted by Crippen LogP contribution is -2.05. The van der Waals surface area contributed by atoms with Crippen LogP contribution in [-0.2, 0) is 0 Å². The van der Waals surface area contributed by atoms with Gasteiger partial charge in [0.1, 0.15) is 17.0 Å². The predicted octanol–water partition coefficient (Wildman–Crippen LogP) is 2.04. The lowest BCUT2D eigenvalue weighted by molar-refractivity contribution is 1.14. The van der Waals surface area contributed by atoms with Crippen molar-refractivity contribution in [2.75, 3.05) is 0 Å². The molecule has 0 spiro atoms. The molecule has 2 heterocycles. The van der Waals surface area contributed by atoms with Gasteiger partial charge in [0.25, 0.3) is 0 Å². The molecule has 5 heteroatoms. The average Bonchev–Trinajstić information content (AvgIpc) is 2.19. The zero-order valence-corrected chi connectivity index (χ0v) is 8.06. The van der Waals surface area contributed by atoms with E-state index in [9.17, 15) is 0 Å². The summed E-state index contributed by atoms with van der Waals surface area (Å²) < 4.78 is 3.06. The van der Waals surface area contributed by atoms with E-state index in [-0.39, 0.29) is 0 Å². The highest BCUT2D eigenvalue weighted by molar-refractivity contribution is 8.00. The van der Waals surface area contributed by atoms with Crippen molar-refractivity contribution in [2.24, 2.45) is 0 Å². The number of allylic oxidation sites excluding steroid dienone is 2. The summed E-state index contributed by atoms with van der Waals surface area (Å²) in [5.74, 6) is 0. The molecule has 1 N–H and O–H groups in total. The van der Waals surface area contributed by atoms with Crippen LogP contribution in [0.15, 0.2) is 23.8 Å². The summed E-state index contributed by atoms with van der Waals surface area (Å²) in [4.78, 5) is 7.89. The number of nitrogens with one attached hydrogen (secondary N) is 1. The summed E-state index contributed by atoms with van der Waals surface area (Å²) in [7, 11) is 0. The van der Waals surface area contributed by atoms with Crippen LogP contribution in [0.3, 0.4) is 0 Å². The standard InChI is InChI=1S/C8H5ClN3S/c9-8-5-10-4-7(11-8)6-2-1-3-13-12-6/h1-3,5,12H. The average molecular weight is 211 g/mol. The minimum atomic E-state index is 0.371. The molecule has 1 aromatic heterocycles. The monoisotopic (exact) mass is 210 g/mol. The number of aromatic nitrogens is 2. The van der Waals surface area contributed by atoms with Gasteiger partial charge in [0.15, 0.2) is 0 Å². The molecule has 0 unspecified atom stereocenters. The van der Waals surface area contributed by atoms with Crippen LogP contribution in [0, 0.1) is 6.20 Å². The van der Waals surface area contributed by atoms with Crippen molar-refractivity contribution in [3.63, 3.8) is 0 Å². The Morgan fingerprint density at radius 1 is 1.54 bits per heavy atom. The number of hydrogen-bond acceptors (Lipinski definition) is 4. The third-order valence-corrected chi connectivity index (χ3v) is 2.21. The first kappa shape index (κ1) is 8.59. The first-order chi connectivity index (χ1) is 6.36. The first-order valence-electron chi connectivity index (χ1n) is 3.55. The molecule has 2 rings (SSSR count). The Kier molecular flexibility index (Phi) is 2.52. The van der Waals surface area contributed by atoms with Gasteiger partial charge in [0.05, 0.1) is 11.9 Å². The smallest absolute Gasteiger partial charge is 0.148 e. The normalized spacial score (nSPS) is 15.0. The van der Waals surface area contributed by atoms with Crippen LogP contribution in [0.5, 0.6) is 0 Å². The van der Waals surface area contributed by atoms with E-state index in [2.05, 4.69) is 20.9 Å². The Morgan fingerprint density at radius 3 is 3.15 bits per heavy atom. The van der Waals surface area contributed by atoms with E-state index in [0.29, 0.717) is 10.8 Å². The highest BCUT2D eigenvalue weighted by atomic mass is 35.5. The fraction of sp³-hybridized carbons (Fsp3) is 0. The fourth-order valence-corrected chi connectivity index (χ4v) is 1.51. The summed E-state index contributed by atoms with van der Waals surface area (Å²) in [6, 6.07) is 0. The van der Waals surface area contributed by atoms with E-state index in [0.717, 1.165) is 5.70 Å². The SMILES string of the molecule is Clc1cn[c]c(C2=CC=CSN2)n1. The van der Waals surface area contributed by atoms with Crippen LogP contribution >= 0.6 is 23.5 Å². The Morgan fingerprint density at radius 2 is 2.46 bits per heavy atom. The van der Waals surface area contributed by atoms with Crippen LogP contribution in [0.1, 0.15) is 5.69 Å². The Balaban J connectivity index is 2.34. The van der Waals surface area contributed by atoms with Crippen molar-refractivity contribution in [3.05, 3.63) is 40.8 Å². The molecule has 0 aromatic carbocycles. The van der Waals surface area contributed by atoms with Crippen molar-refractivity contribution in [2.45, 2.75) is 0 Å². The van der Waals surface area contributed by atoms with Gasteiger partial charge in [-0.1, -0.05) is 17.7 Å². The summed E-state index contributed by atoms with van der Waals surface area (Å²) in [6.45, 7) is 0. The number of rotatable bonds is 1. The zero-order valence-electron chi connectivity index (χ0n) is 6.49. The molecule has 1 aliphatic rings. The fourth-order valence-electron chi connectivity index (χ4n) is 0.861. The second kappa shape index (κ2) is 3.81. The highest BCUT2D eigenvalue weighted by Crippen LogP contribution is 2.17. The van der Waals surface area contributed by atoms with Gasteiger partial charge in [0, 0.05) is 0 Å². The molecule has 65 valence electrons. The quantitative estimate of drug-likeness (QED) is 0.720. The predicted molar refractivity (Wildman–Crippen MR) is 53.7 cm³/mol. The molecule has 3 nitrogen and oxygen atoms in total. The lowest BCUT2D eigenvalue weighted by Gasteiger charge is -2.08. The van der Waals surface area contributed by atoms with Gasteiger partial charge in [-0.2, -0.15) is 0 Å². The second-order valence-electron chi connectivity index (χ2n) is 2.28. The van der Waals surface area contributed by atoms with Gasteiger partial charge in [0.2, 0.25) is 0 Å². The maximum atomic E-state index is 5.69. The Bertz CT molecular complexity index is 375. The number of hydrogen-bond donors (Lipinski definition) is 1. The number of halogens is 1. The topological polar surface area (TPSA) is 37.8 Å². The second-order valence-corrected chi connectivity index (χ2v) is 3.38. The van der Waals surface area contributed by atoms with Crippen molar-refractivity contribution in [3.8, 4) is 0 Å². The van der Waals surface area contributed by atoms with Crippen molar-refractivity contribution in [1.82, 2.24) is 14.7 Å². The maximum absolute atomic E-state index is 5.69. The van der Waals surface area contributed by atoms with E-state index in [1.165, 1.54) is 18.1 Å². The summed E-state index contributed by atoms with van der Waals surface area (Å²) >= 11 is 7.16. The van der Waals surface area contributed by atoms with Crippen LogP contribution in [0.2, 0.25) is 5.15 Å². The maximum Gasteiger partial charge on any atom is 0.148 e. The van der Waals surface area contributed by atoms with Crippen molar-refractivity contribution >= 4 is 29.2 Å². The largest absolute Gasteiger partial charge is 0.324 e. The van der Waals surface area contributed by atoms with Gasteiger partial charge in [-0.15, -0.1) is 0 Å². The molecule has 0 saturated heterocycles. The van der Waals surface area contributed by atoms with Crippen molar-refractivity contribution < 1.29 is 0 Å². The Hall–Kier alpha value is -1.00. The molecule has 0 saturated carbocycles. The molecule has 1 radical (unpaired) electrons. The molecule has 0 atom stereocenters. The van der Waals surface area contributed by atoms with Gasteiger partial charge in [-0.3, -0.25) is 0 Å². The molecule has 13 heavy (non-hydrogen) atoms. The Labute approximate surface area is 85.1 Å². The minimum absolute atomic E-state index is 0.371. The molecule has 0 aliphatic carbocycles. The van der Waals surface area contributed by atoms with E-state index in [1.807, 2.05) is 17.6 Å². The van der Waals surface area contributed by atoms with E-state index in [4.69, 9.17) is 11.6 Å². The lowest BCUT2D eigenvalue weighted by atomic mass is 10.3. The highest BCUT2D eigenvalue weighted by Gasteiger charge is 2.05. The van der Waals surface area contributed by atoms with Gasteiger partial charge >= 0.3 is 0 Å². The van der Waals surface area contributed by atoms with Gasteiger partial charge in [-0.25, -0.2) is 9.97 Å². The van der Waals surface area contributed by atoms with Crippen LogP contribution in [0.25, 0.3) is 5.70 Å². The summed E-state index contributed by atoms with van der Waals surface area (Å²) in [5, 5.41) is 2.30. The van der Waals surface area contributed by atoms with Gasteiger partial charge < -0.3 is 4.72 Å². The van der Waals surface area contributed by atoms with E-state index in [1.54, 1.807) is 0 Å². The van der Waals surface area contributed by atoms with Crippen LogP contribution < -0.4 is 4.72 Å². The molecule has 0 fully saturated rings. The molecule has 0 amide bonds. The molecule has 1 aliphatic heterocycles. The van der Waals surface area contributed by atoms with Crippen LogP contribution in [-0.4, -0.2) is 9.97 Å². The van der Waals surface area contributed by atoms with Gasteiger partial charge in [-0.05, 0) is 23.4 Å². The molecular formula is C8H5ClN3S. The third kappa shape index (κ3) is 2.02. The summed E-state index contributed by atoms with van der Waals surface area (Å²) in [6.07, 6.45) is 8.03. The minimum Gasteiger partial charge on any atom is -0.324 e. The van der Waals surface area contributed by atoms with E-state index >= 15 is 0 Å². The third-order valence-electron chi connectivity index (χ3n) is 1.39. The number of nitrogens with zero attached hydrogens (tertiary/aromatic N) is 2. The molecular weight excluding hydrogens is 206 g/mol. The van der Waals surface area contributed by atoms with E-state index < -0.39 is 0 Å². The van der Waals surface area contributed by atoms with Crippen molar-refractivity contribution in [1.29, 1.82) is 0 Å². The molecule has 0 bridgehead atoms. The van der Waals surface area contributed by atoms with Crippen LogP contribution in [0.4, 0.5) is 0 Å². The molecule has 1 aromatic rings.